The fraction of sp³-hybridized carbons (Fsp3) is 0.0455. The van der Waals surface area contributed by atoms with Crippen LogP contribution in [0.2, 0.25) is 0 Å². The van der Waals surface area contributed by atoms with Crippen molar-refractivity contribution in [3.63, 3.8) is 0 Å². The molecule has 3 rings (SSSR count). The van der Waals surface area contributed by atoms with E-state index in [-0.39, 0.29) is 17.4 Å². The summed E-state index contributed by atoms with van der Waals surface area (Å²) in [5.74, 6) is 0.578. The van der Waals surface area contributed by atoms with E-state index in [2.05, 4.69) is 42.2 Å². The van der Waals surface area contributed by atoms with Crippen molar-refractivity contribution in [1.82, 2.24) is 4.98 Å². The number of rotatable bonds is 7. The molecule has 0 radical (unpaired) electrons. The summed E-state index contributed by atoms with van der Waals surface area (Å²) in [4.78, 5) is 15.2. The maximum atomic E-state index is 11.4. The summed E-state index contributed by atoms with van der Waals surface area (Å²) in [7, 11) is 0. The molecule has 0 aliphatic heterocycles. The van der Waals surface area contributed by atoms with Gasteiger partial charge in [0.05, 0.1) is 38.0 Å². The van der Waals surface area contributed by atoms with E-state index in [0.29, 0.717) is 32.4 Å². The molecular weight excluding hydrogens is 542 g/mol. The SMILES string of the molecule is N#CC/C=C/c1cc(Br)c(Oc2ccc([N+](=O)[O-])c(Nc3ccc(C#N)cc3)n2)c(Br)c1. The van der Waals surface area contributed by atoms with E-state index in [4.69, 9.17) is 15.3 Å². The van der Waals surface area contributed by atoms with Crippen LogP contribution in [-0.4, -0.2) is 9.91 Å². The molecule has 10 heteroatoms. The van der Waals surface area contributed by atoms with Gasteiger partial charge in [-0.05, 0) is 73.8 Å². The largest absolute Gasteiger partial charge is 0.437 e. The topological polar surface area (TPSA) is 125 Å². The number of benzene rings is 2. The number of nitriles is 2. The number of nitrogens with zero attached hydrogens (tertiary/aromatic N) is 4. The van der Waals surface area contributed by atoms with Gasteiger partial charge in [0, 0.05) is 17.8 Å². The van der Waals surface area contributed by atoms with E-state index < -0.39 is 4.92 Å². The first-order valence-electron chi connectivity index (χ1n) is 9.04. The lowest BCUT2D eigenvalue weighted by Gasteiger charge is -2.12. The third-order valence-corrected chi connectivity index (χ3v) is 5.25. The summed E-state index contributed by atoms with van der Waals surface area (Å²) in [6, 6.07) is 16.8. The van der Waals surface area contributed by atoms with Crippen LogP contribution in [0.15, 0.2) is 63.6 Å². The minimum atomic E-state index is -0.545. The average Bonchev–Trinajstić information content (AvgIpc) is 2.77. The number of pyridine rings is 1. The molecule has 158 valence electrons. The molecule has 1 aromatic heterocycles. The Morgan fingerprint density at radius 1 is 1.12 bits per heavy atom. The van der Waals surface area contributed by atoms with Crippen LogP contribution in [0.3, 0.4) is 0 Å². The number of nitro groups is 1. The first kappa shape index (κ1) is 22.9. The predicted octanol–water partition coefficient (Wildman–Crippen LogP) is 6.85. The normalized spacial score (nSPS) is 10.4. The Morgan fingerprint density at radius 2 is 1.81 bits per heavy atom. The fourth-order valence-electron chi connectivity index (χ4n) is 2.62. The summed E-state index contributed by atoms with van der Waals surface area (Å²) >= 11 is 6.91. The number of nitrogens with one attached hydrogen (secondary N) is 1. The van der Waals surface area contributed by atoms with Gasteiger partial charge in [-0.25, -0.2) is 0 Å². The lowest BCUT2D eigenvalue weighted by molar-refractivity contribution is -0.384. The molecule has 1 heterocycles. The Hall–Kier alpha value is -3.73. The zero-order chi connectivity index (χ0) is 23.1. The van der Waals surface area contributed by atoms with Gasteiger partial charge in [0.25, 0.3) is 0 Å². The van der Waals surface area contributed by atoms with Crippen LogP contribution in [0.25, 0.3) is 6.08 Å². The third-order valence-electron chi connectivity index (χ3n) is 4.07. The zero-order valence-electron chi connectivity index (χ0n) is 16.3. The molecule has 0 bridgehead atoms. The quantitative estimate of drug-likeness (QED) is 0.250. The highest BCUT2D eigenvalue weighted by atomic mass is 79.9. The molecule has 0 saturated carbocycles. The molecule has 2 aromatic carbocycles. The third kappa shape index (κ3) is 5.70. The van der Waals surface area contributed by atoms with E-state index in [1.807, 2.05) is 30.3 Å². The molecule has 0 aliphatic carbocycles. The van der Waals surface area contributed by atoms with Crippen molar-refractivity contribution in [3.8, 4) is 23.8 Å². The van der Waals surface area contributed by atoms with Crippen molar-refractivity contribution in [1.29, 1.82) is 10.5 Å². The lowest BCUT2D eigenvalue weighted by atomic mass is 10.2. The Labute approximate surface area is 200 Å². The Kier molecular flexibility index (Phi) is 7.55. The van der Waals surface area contributed by atoms with Gasteiger partial charge in [-0.1, -0.05) is 12.2 Å². The first-order chi connectivity index (χ1) is 15.4. The standard InChI is InChI=1S/C22H13Br2N5O3/c23-17-11-15(3-1-2-10-25)12-18(24)21(17)32-20-9-8-19(29(30)31)22(28-20)27-16-6-4-14(13-26)5-7-16/h1,3-9,11-12H,2H2,(H,27,28)/b3-1+. The average molecular weight is 555 g/mol. The maximum Gasteiger partial charge on any atom is 0.311 e. The van der Waals surface area contributed by atoms with Crippen LogP contribution < -0.4 is 10.1 Å². The molecule has 1 N–H and O–H groups in total. The zero-order valence-corrected chi connectivity index (χ0v) is 19.4. The van der Waals surface area contributed by atoms with Crippen LogP contribution in [0, 0.1) is 32.8 Å². The number of hydrogen-bond acceptors (Lipinski definition) is 7. The second-order valence-corrected chi connectivity index (χ2v) is 7.98. The van der Waals surface area contributed by atoms with E-state index in [9.17, 15) is 10.1 Å². The number of anilines is 2. The van der Waals surface area contributed by atoms with Gasteiger partial charge >= 0.3 is 5.69 Å². The van der Waals surface area contributed by atoms with Gasteiger partial charge in [-0.15, -0.1) is 0 Å². The fourth-order valence-corrected chi connectivity index (χ4v) is 4.00. The van der Waals surface area contributed by atoms with E-state index in [1.54, 1.807) is 30.3 Å². The van der Waals surface area contributed by atoms with Gasteiger partial charge in [0.2, 0.25) is 11.7 Å². The van der Waals surface area contributed by atoms with E-state index in [1.165, 1.54) is 12.1 Å². The first-order valence-corrected chi connectivity index (χ1v) is 10.6. The Balaban J connectivity index is 1.90. The highest BCUT2D eigenvalue weighted by Crippen LogP contribution is 2.39. The van der Waals surface area contributed by atoms with Gasteiger partial charge in [-0.2, -0.15) is 15.5 Å². The summed E-state index contributed by atoms with van der Waals surface area (Å²) in [5, 5.41) is 31.9. The van der Waals surface area contributed by atoms with Crippen molar-refractivity contribution in [2.24, 2.45) is 0 Å². The minimum Gasteiger partial charge on any atom is -0.437 e. The second-order valence-electron chi connectivity index (χ2n) is 6.27. The highest BCUT2D eigenvalue weighted by Gasteiger charge is 2.18. The predicted molar refractivity (Wildman–Crippen MR) is 127 cm³/mol. The van der Waals surface area contributed by atoms with Crippen LogP contribution >= 0.6 is 31.9 Å². The number of aromatic nitrogens is 1. The van der Waals surface area contributed by atoms with Crippen LogP contribution in [-0.2, 0) is 0 Å². The highest BCUT2D eigenvalue weighted by molar-refractivity contribution is 9.11. The summed E-state index contributed by atoms with van der Waals surface area (Å²) < 4.78 is 7.14. The summed E-state index contributed by atoms with van der Waals surface area (Å²) in [6.45, 7) is 0. The van der Waals surface area contributed by atoms with Gasteiger partial charge < -0.3 is 10.1 Å². The molecule has 8 nitrogen and oxygen atoms in total. The molecular formula is C22H13Br2N5O3. The molecule has 0 saturated heterocycles. The smallest absolute Gasteiger partial charge is 0.311 e. The molecule has 0 spiro atoms. The number of hydrogen-bond donors (Lipinski definition) is 1. The molecule has 32 heavy (non-hydrogen) atoms. The molecule has 0 aliphatic rings. The lowest BCUT2D eigenvalue weighted by Crippen LogP contribution is -2.01. The minimum absolute atomic E-state index is 0.000472. The monoisotopic (exact) mass is 553 g/mol. The second kappa shape index (κ2) is 10.5. The van der Waals surface area contributed by atoms with E-state index >= 15 is 0 Å². The Morgan fingerprint density at radius 3 is 2.41 bits per heavy atom. The molecule has 0 fully saturated rings. The summed E-state index contributed by atoms with van der Waals surface area (Å²) in [6.07, 6.45) is 3.86. The van der Waals surface area contributed by atoms with E-state index in [0.717, 1.165) is 5.56 Å². The summed E-state index contributed by atoms with van der Waals surface area (Å²) in [5.41, 5.74) is 1.63. The van der Waals surface area contributed by atoms with Crippen LogP contribution in [0.5, 0.6) is 11.6 Å². The number of halogens is 2. The Bertz CT molecular complexity index is 1260. The van der Waals surface area contributed by atoms with Crippen LogP contribution in [0.1, 0.15) is 17.5 Å². The van der Waals surface area contributed by atoms with Crippen molar-refractivity contribution < 1.29 is 9.66 Å². The number of allylic oxidation sites excluding steroid dienone is 1. The maximum absolute atomic E-state index is 11.4. The van der Waals surface area contributed by atoms with Crippen molar-refractivity contribution >= 4 is 55.1 Å². The molecule has 0 amide bonds. The molecule has 0 atom stereocenters. The van der Waals surface area contributed by atoms with Gasteiger partial charge in [-0.3, -0.25) is 10.1 Å². The van der Waals surface area contributed by atoms with Crippen molar-refractivity contribution in [2.45, 2.75) is 6.42 Å². The van der Waals surface area contributed by atoms with Crippen molar-refractivity contribution in [3.05, 3.63) is 84.8 Å². The van der Waals surface area contributed by atoms with Crippen molar-refractivity contribution in [2.75, 3.05) is 5.32 Å². The van der Waals surface area contributed by atoms with Crippen LogP contribution in [0.4, 0.5) is 17.2 Å². The van der Waals surface area contributed by atoms with Gasteiger partial charge in [0.15, 0.2) is 5.75 Å². The van der Waals surface area contributed by atoms with Gasteiger partial charge in [0.1, 0.15) is 0 Å². The molecule has 3 aromatic rings. The number of ether oxygens (including phenoxy) is 1. The molecule has 0 unspecified atom stereocenters.